The van der Waals surface area contributed by atoms with Gasteiger partial charge < -0.3 is 10.1 Å². The second-order valence-corrected chi connectivity index (χ2v) is 11.3. The number of aryl methyl sites for hydroxylation is 1. The molecule has 2 atom stereocenters. The van der Waals surface area contributed by atoms with E-state index < -0.39 is 6.04 Å². The number of nitrogens with zero attached hydrogens (tertiary/aromatic N) is 1. The summed E-state index contributed by atoms with van der Waals surface area (Å²) in [6, 6.07) is 27.8. The summed E-state index contributed by atoms with van der Waals surface area (Å²) in [6.07, 6.45) is 0.958. The maximum atomic E-state index is 14.4. The van der Waals surface area contributed by atoms with Crippen molar-refractivity contribution in [2.45, 2.75) is 31.7 Å². The summed E-state index contributed by atoms with van der Waals surface area (Å²) in [6.45, 7) is 2.02. The molecule has 0 saturated carbocycles. The molecule has 0 saturated heterocycles. The maximum absolute atomic E-state index is 14.4. The van der Waals surface area contributed by atoms with E-state index in [-0.39, 0.29) is 17.6 Å². The lowest BCUT2D eigenvalue weighted by molar-refractivity contribution is -0.116. The second kappa shape index (κ2) is 11.1. The fraction of sp³-hybridized carbons (Fsp3) is 0.176. The highest BCUT2D eigenvalue weighted by molar-refractivity contribution is 6.42. The normalized spacial score (nSPS) is 18.2. The van der Waals surface area contributed by atoms with Gasteiger partial charge in [0.1, 0.15) is 5.75 Å². The van der Waals surface area contributed by atoms with Gasteiger partial charge in [0.2, 0.25) is 0 Å². The predicted molar refractivity (Wildman–Crippen MR) is 164 cm³/mol. The Hall–Kier alpha value is -4.06. The summed E-state index contributed by atoms with van der Waals surface area (Å²) in [7, 11) is 1.64. The molecule has 1 heterocycles. The van der Waals surface area contributed by atoms with Crippen molar-refractivity contribution >= 4 is 46.3 Å². The van der Waals surface area contributed by atoms with Crippen molar-refractivity contribution in [1.29, 1.82) is 0 Å². The highest BCUT2D eigenvalue weighted by Gasteiger charge is 2.42. The molecule has 1 N–H and O–H groups in total. The third-order valence-electron chi connectivity index (χ3n) is 7.85. The summed E-state index contributed by atoms with van der Waals surface area (Å²) in [5.41, 5.74) is 6.25. The minimum absolute atomic E-state index is 0.00453. The zero-order valence-corrected chi connectivity index (χ0v) is 24.2. The van der Waals surface area contributed by atoms with Crippen molar-refractivity contribution < 1.29 is 14.3 Å². The van der Waals surface area contributed by atoms with Crippen LogP contribution >= 0.6 is 23.2 Å². The van der Waals surface area contributed by atoms with Gasteiger partial charge in [-0.25, -0.2) is 0 Å². The van der Waals surface area contributed by atoms with E-state index in [4.69, 9.17) is 27.9 Å². The van der Waals surface area contributed by atoms with Crippen LogP contribution in [0.2, 0.25) is 10.0 Å². The number of ketones is 1. The predicted octanol–water partition coefficient (Wildman–Crippen LogP) is 8.52. The Balaban J connectivity index is 1.53. The van der Waals surface area contributed by atoms with Crippen LogP contribution in [0.5, 0.6) is 5.75 Å². The summed E-state index contributed by atoms with van der Waals surface area (Å²) in [5, 5.41) is 4.24. The number of anilines is 2. The van der Waals surface area contributed by atoms with Gasteiger partial charge in [0.15, 0.2) is 5.78 Å². The first-order valence-electron chi connectivity index (χ1n) is 13.5. The molecule has 0 spiro atoms. The molecule has 1 aliphatic carbocycles. The Morgan fingerprint density at radius 2 is 1.59 bits per heavy atom. The zero-order valence-electron chi connectivity index (χ0n) is 22.7. The van der Waals surface area contributed by atoms with E-state index in [9.17, 15) is 9.59 Å². The SMILES string of the molecule is COc1ccc([C@H]2CC(=O)C3=C(C2)Nc2ccccc2N(C(=O)c2ccc(Cl)c(Cl)c2)[C@H]3c2ccc(C)cc2)cc1. The lowest BCUT2D eigenvalue weighted by Crippen LogP contribution is -2.38. The Morgan fingerprint density at radius 1 is 0.878 bits per heavy atom. The number of allylic oxidation sites excluding steroid dienone is 1. The number of nitrogens with one attached hydrogen (secondary N) is 1. The molecule has 0 bridgehead atoms. The van der Waals surface area contributed by atoms with E-state index in [1.54, 1.807) is 30.2 Å². The molecule has 5 nitrogen and oxygen atoms in total. The van der Waals surface area contributed by atoms with Gasteiger partial charge in [-0.15, -0.1) is 0 Å². The first-order chi connectivity index (χ1) is 19.8. The summed E-state index contributed by atoms with van der Waals surface area (Å²) in [4.78, 5) is 30.3. The number of amides is 1. The van der Waals surface area contributed by atoms with Crippen molar-refractivity contribution in [3.8, 4) is 5.75 Å². The van der Waals surface area contributed by atoms with Crippen molar-refractivity contribution in [2.24, 2.45) is 0 Å². The average Bonchev–Trinajstić information content (AvgIpc) is 3.13. The zero-order chi connectivity index (χ0) is 28.7. The van der Waals surface area contributed by atoms with Gasteiger partial charge in [-0.1, -0.05) is 77.3 Å². The molecular formula is C34H28Cl2N2O3. The molecule has 0 aromatic heterocycles. The van der Waals surface area contributed by atoms with Crippen LogP contribution in [0.1, 0.15) is 51.8 Å². The minimum Gasteiger partial charge on any atom is -0.497 e. The van der Waals surface area contributed by atoms with Gasteiger partial charge in [0.05, 0.1) is 34.6 Å². The van der Waals surface area contributed by atoms with Gasteiger partial charge in [-0.2, -0.15) is 0 Å². The first kappa shape index (κ1) is 27.1. The van der Waals surface area contributed by atoms with Gasteiger partial charge in [0.25, 0.3) is 5.91 Å². The number of benzene rings is 4. The monoisotopic (exact) mass is 582 g/mol. The lowest BCUT2D eigenvalue weighted by Gasteiger charge is -2.35. The molecule has 0 unspecified atom stereocenters. The van der Waals surface area contributed by atoms with Crippen LogP contribution in [0.4, 0.5) is 11.4 Å². The van der Waals surface area contributed by atoms with E-state index in [0.717, 1.165) is 33.8 Å². The number of hydrogen-bond acceptors (Lipinski definition) is 4. The standard InChI is InChI=1S/C34H28Cl2N2O3/c1-20-7-9-22(10-8-20)33-32-29(18-24(19-31(32)39)21-11-14-25(41-2)15-12-21)37-28-5-3-4-6-30(28)38(33)34(40)23-13-16-26(35)27(36)17-23/h3-17,24,33,37H,18-19H2,1-2H3/t24-,33+/m1/s1. The van der Waals surface area contributed by atoms with Crippen LogP contribution < -0.4 is 15.0 Å². The van der Waals surface area contributed by atoms with E-state index in [1.165, 1.54) is 0 Å². The van der Waals surface area contributed by atoms with Gasteiger partial charge in [-0.05, 0) is 72.9 Å². The average molecular weight is 584 g/mol. The summed E-state index contributed by atoms with van der Waals surface area (Å²) in [5.74, 6) is 0.489. The number of methoxy groups -OCH3 is 1. The molecule has 41 heavy (non-hydrogen) atoms. The van der Waals surface area contributed by atoms with E-state index in [0.29, 0.717) is 39.7 Å². The highest BCUT2D eigenvalue weighted by Crippen LogP contribution is 2.48. The van der Waals surface area contributed by atoms with Gasteiger partial charge in [-0.3, -0.25) is 14.5 Å². The quantitative estimate of drug-likeness (QED) is 0.262. The van der Waals surface area contributed by atoms with Crippen LogP contribution in [0, 0.1) is 6.92 Å². The smallest absolute Gasteiger partial charge is 0.259 e. The number of fused-ring (bicyclic) bond motifs is 1. The van der Waals surface area contributed by atoms with E-state index >= 15 is 0 Å². The minimum atomic E-state index is -0.645. The summed E-state index contributed by atoms with van der Waals surface area (Å²) >= 11 is 12.5. The lowest BCUT2D eigenvalue weighted by atomic mass is 9.78. The van der Waals surface area contributed by atoms with Crippen molar-refractivity contribution in [1.82, 2.24) is 0 Å². The number of carbonyl (C=O) groups excluding carboxylic acids is 2. The molecule has 1 aliphatic heterocycles. The molecule has 0 fully saturated rings. The molecule has 1 amide bonds. The van der Waals surface area contributed by atoms with Crippen LogP contribution in [-0.2, 0) is 4.79 Å². The molecule has 7 heteroatoms. The highest BCUT2D eigenvalue weighted by atomic mass is 35.5. The van der Waals surface area contributed by atoms with Crippen LogP contribution in [0.15, 0.2) is 102 Å². The summed E-state index contributed by atoms with van der Waals surface area (Å²) < 4.78 is 5.33. The van der Waals surface area contributed by atoms with Crippen LogP contribution in [0.3, 0.4) is 0 Å². The van der Waals surface area contributed by atoms with Crippen LogP contribution in [-0.4, -0.2) is 18.8 Å². The number of carbonyl (C=O) groups is 2. The van der Waals surface area contributed by atoms with Gasteiger partial charge >= 0.3 is 0 Å². The first-order valence-corrected chi connectivity index (χ1v) is 14.2. The van der Waals surface area contributed by atoms with E-state index in [2.05, 4.69) is 5.32 Å². The third kappa shape index (κ3) is 5.12. The van der Waals surface area contributed by atoms with Crippen molar-refractivity contribution in [3.05, 3.63) is 135 Å². The van der Waals surface area contributed by atoms with E-state index in [1.807, 2.05) is 79.7 Å². The third-order valence-corrected chi connectivity index (χ3v) is 8.59. The van der Waals surface area contributed by atoms with Crippen molar-refractivity contribution in [2.75, 3.05) is 17.3 Å². The molecule has 0 radical (unpaired) electrons. The maximum Gasteiger partial charge on any atom is 0.259 e. The number of rotatable bonds is 4. The number of halogens is 2. The van der Waals surface area contributed by atoms with Crippen LogP contribution in [0.25, 0.3) is 0 Å². The molecule has 4 aromatic rings. The number of ether oxygens (including phenoxy) is 1. The Bertz CT molecular complexity index is 1680. The molecule has 6 rings (SSSR count). The molecule has 206 valence electrons. The topological polar surface area (TPSA) is 58.6 Å². The van der Waals surface area contributed by atoms with Gasteiger partial charge in [0, 0.05) is 23.3 Å². The number of Topliss-reactive ketones (excluding diaryl/α,β-unsaturated/α-hetero) is 1. The molecule has 2 aliphatic rings. The molecular weight excluding hydrogens is 555 g/mol. The Kier molecular flexibility index (Phi) is 7.33. The van der Waals surface area contributed by atoms with Crippen molar-refractivity contribution in [3.63, 3.8) is 0 Å². The Labute approximate surface area is 249 Å². The number of hydrogen-bond donors (Lipinski definition) is 1. The molecule has 4 aromatic carbocycles. The Morgan fingerprint density at radius 3 is 2.29 bits per heavy atom. The second-order valence-electron chi connectivity index (χ2n) is 10.5. The fourth-order valence-electron chi connectivity index (χ4n) is 5.76. The largest absolute Gasteiger partial charge is 0.497 e. The number of para-hydroxylation sites is 2. The fourth-order valence-corrected chi connectivity index (χ4v) is 6.06.